The predicted octanol–water partition coefficient (Wildman–Crippen LogP) is 3.64. The standard InChI is InChI=1S/C14H15BrFN/c15-11-4-5-13(16)10(6-11)8-17-14-7-9-2-1-3-12(9)14/h1,3-6,9,12,14,17H,2,7-8H2. The van der Waals surface area contributed by atoms with Crippen molar-refractivity contribution in [2.24, 2.45) is 11.8 Å². The van der Waals surface area contributed by atoms with Gasteiger partial charge in [-0.05, 0) is 42.9 Å². The SMILES string of the molecule is Fc1ccc(Br)cc1CNC1CC2CC=CC21. The maximum absolute atomic E-state index is 13.5. The molecule has 3 unspecified atom stereocenters. The quantitative estimate of drug-likeness (QED) is 0.840. The Hall–Kier alpha value is -0.670. The summed E-state index contributed by atoms with van der Waals surface area (Å²) in [5, 5.41) is 3.46. The number of fused-ring (bicyclic) bond motifs is 1. The Kier molecular flexibility index (Phi) is 3.05. The highest BCUT2D eigenvalue weighted by atomic mass is 79.9. The molecule has 0 spiro atoms. The van der Waals surface area contributed by atoms with Crippen LogP contribution < -0.4 is 5.32 Å². The maximum atomic E-state index is 13.5. The van der Waals surface area contributed by atoms with Gasteiger partial charge in [0.25, 0.3) is 0 Å². The van der Waals surface area contributed by atoms with Gasteiger partial charge in [-0.15, -0.1) is 0 Å². The van der Waals surface area contributed by atoms with Crippen LogP contribution in [0.1, 0.15) is 18.4 Å². The van der Waals surface area contributed by atoms with Crippen molar-refractivity contribution in [1.82, 2.24) is 5.32 Å². The first kappa shape index (κ1) is 11.4. The van der Waals surface area contributed by atoms with Gasteiger partial charge in [0.15, 0.2) is 0 Å². The molecule has 1 saturated carbocycles. The van der Waals surface area contributed by atoms with Gasteiger partial charge in [-0.2, -0.15) is 0 Å². The highest BCUT2D eigenvalue weighted by Crippen LogP contribution is 2.42. The summed E-state index contributed by atoms with van der Waals surface area (Å²) in [6.07, 6.45) is 7.04. The van der Waals surface area contributed by atoms with E-state index in [2.05, 4.69) is 33.4 Å². The molecule has 3 rings (SSSR count). The van der Waals surface area contributed by atoms with Gasteiger partial charge in [0.05, 0.1) is 0 Å². The van der Waals surface area contributed by atoms with Crippen molar-refractivity contribution in [3.8, 4) is 0 Å². The van der Waals surface area contributed by atoms with Crippen molar-refractivity contribution < 1.29 is 4.39 Å². The Balaban J connectivity index is 1.61. The van der Waals surface area contributed by atoms with Crippen LogP contribution in [0, 0.1) is 17.7 Å². The third-order valence-electron chi connectivity index (χ3n) is 3.93. The van der Waals surface area contributed by atoms with E-state index in [-0.39, 0.29) is 5.82 Å². The lowest BCUT2D eigenvalue weighted by atomic mass is 9.71. The number of rotatable bonds is 3. The average Bonchev–Trinajstić information content (AvgIpc) is 2.65. The van der Waals surface area contributed by atoms with Crippen LogP contribution in [0.2, 0.25) is 0 Å². The van der Waals surface area contributed by atoms with Gasteiger partial charge in [0.1, 0.15) is 5.82 Å². The van der Waals surface area contributed by atoms with Gasteiger partial charge in [0.2, 0.25) is 0 Å². The zero-order valence-corrected chi connectivity index (χ0v) is 11.1. The lowest BCUT2D eigenvalue weighted by Gasteiger charge is -2.40. The van der Waals surface area contributed by atoms with Gasteiger partial charge < -0.3 is 5.32 Å². The molecule has 0 radical (unpaired) electrons. The molecule has 0 bridgehead atoms. The number of benzene rings is 1. The van der Waals surface area contributed by atoms with Crippen LogP contribution in [0.5, 0.6) is 0 Å². The number of nitrogens with one attached hydrogen (secondary N) is 1. The number of hydrogen-bond donors (Lipinski definition) is 1. The summed E-state index contributed by atoms with van der Waals surface area (Å²) < 4.78 is 14.5. The van der Waals surface area contributed by atoms with E-state index in [1.165, 1.54) is 18.9 Å². The zero-order chi connectivity index (χ0) is 11.8. The monoisotopic (exact) mass is 295 g/mol. The Morgan fingerprint density at radius 3 is 3.12 bits per heavy atom. The molecule has 0 aromatic heterocycles. The topological polar surface area (TPSA) is 12.0 Å². The van der Waals surface area contributed by atoms with Crippen molar-refractivity contribution in [2.45, 2.75) is 25.4 Å². The number of hydrogen-bond acceptors (Lipinski definition) is 1. The first-order valence-corrected chi connectivity index (χ1v) is 6.87. The Morgan fingerprint density at radius 1 is 1.41 bits per heavy atom. The fourth-order valence-electron chi connectivity index (χ4n) is 2.87. The fourth-order valence-corrected chi connectivity index (χ4v) is 3.28. The van der Waals surface area contributed by atoms with Crippen molar-refractivity contribution in [3.05, 3.63) is 46.2 Å². The summed E-state index contributed by atoms with van der Waals surface area (Å²) >= 11 is 3.37. The van der Waals surface area contributed by atoms with Crippen LogP contribution in [-0.2, 0) is 6.54 Å². The summed E-state index contributed by atoms with van der Waals surface area (Å²) in [5.74, 6) is 1.41. The first-order valence-electron chi connectivity index (χ1n) is 6.08. The molecule has 2 aliphatic rings. The van der Waals surface area contributed by atoms with Gasteiger partial charge in [0, 0.05) is 22.6 Å². The van der Waals surface area contributed by atoms with Crippen molar-refractivity contribution in [1.29, 1.82) is 0 Å². The van der Waals surface area contributed by atoms with E-state index in [9.17, 15) is 4.39 Å². The Labute approximate surface area is 109 Å². The van der Waals surface area contributed by atoms with E-state index < -0.39 is 0 Å². The third kappa shape index (κ3) is 2.18. The molecular weight excluding hydrogens is 281 g/mol. The molecule has 1 fully saturated rings. The van der Waals surface area contributed by atoms with E-state index >= 15 is 0 Å². The minimum absolute atomic E-state index is 0.126. The molecule has 3 atom stereocenters. The zero-order valence-electron chi connectivity index (χ0n) is 9.50. The van der Waals surface area contributed by atoms with E-state index in [1.54, 1.807) is 6.07 Å². The molecule has 1 aromatic carbocycles. The molecule has 0 saturated heterocycles. The summed E-state index contributed by atoms with van der Waals surface area (Å²) in [6, 6.07) is 5.64. The normalized spacial score (nSPS) is 30.1. The van der Waals surface area contributed by atoms with E-state index in [0.29, 0.717) is 18.5 Å². The van der Waals surface area contributed by atoms with Gasteiger partial charge >= 0.3 is 0 Å². The molecule has 0 heterocycles. The molecule has 0 amide bonds. The van der Waals surface area contributed by atoms with Crippen molar-refractivity contribution in [3.63, 3.8) is 0 Å². The molecule has 0 aliphatic heterocycles. The average molecular weight is 296 g/mol. The summed E-state index contributed by atoms with van der Waals surface area (Å²) in [4.78, 5) is 0. The van der Waals surface area contributed by atoms with Crippen molar-refractivity contribution in [2.75, 3.05) is 0 Å². The van der Waals surface area contributed by atoms with Crippen LogP contribution >= 0.6 is 15.9 Å². The van der Waals surface area contributed by atoms with Gasteiger partial charge in [-0.3, -0.25) is 0 Å². The number of halogens is 2. The lowest BCUT2D eigenvalue weighted by Crippen LogP contribution is -2.47. The fraction of sp³-hybridized carbons (Fsp3) is 0.429. The van der Waals surface area contributed by atoms with Crippen LogP contribution in [0.25, 0.3) is 0 Å². The molecule has 17 heavy (non-hydrogen) atoms. The van der Waals surface area contributed by atoms with Crippen LogP contribution in [0.15, 0.2) is 34.8 Å². The highest BCUT2D eigenvalue weighted by molar-refractivity contribution is 9.10. The van der Waals surface area contributed by atoms with Crippen molar-refractivity contribution >= 4 is 15.9 Å². The summed E-state index contributed by atoms with van der Waals surface area (Å²) in [6.45, 7) is 0.618. The smallest absolute Gasteiger partial charge is 0.127 e. The second kappa shape index (κ2) is 4.54. The van der Waals surface area contributed by atoms with E-state index in [4.69, 9.17) is 0 Å². The molecular formula is C14H15BrFN. The second-order valence-electron chi connectivity index (χ2n) is 4.96. The van der Waals surface area contributed by atoms with Gasteiger partial charge in [-0.1, -0.05) is 28.1 Å². The van der Waals surface area contributed by atoms with E-state index in [0.717, 1.165) is 16.0 Å². The predicted molar refractivity (Wildman–Crippen MR) is 70.1 cm³/mol. The minimum Gasteiger partial charge on any atom is -0.309 e. The van der Waals surface area contributed by atoms with Crippen LogP contribution in [0.3, 0.4) is 0 Å². The second-order valence-corrected chi connectivity index (χ2v) is 5.88. The molecule has 2 aliphatic carbocycles. The summed E-state index contributed by atoms with van der Waals surface area (Å²) in [5.41, 5.74) is 0.741. The molecule has 1 nitrogen and oxygen atoms in total. The lowest BCUT2D eigenvalue weighted by molar-refractivity contribution is 0.162. The Bertz CT molecular complexity index is 458. The highest BCUT2D eigenvalue weighted by Gasteiger charge is 2.40. The summed E-state index contributed by atoms with van der Waals surface area (Å²) in [7, 11) is 0. The van der Waals surface area contributed by atoms with E-state index in [1.807, 2.05) is 6.07 Å². The molecule has 1 N–H and O–H groups in total. The third-order valence-corrected chi connectivity index (χ3v) is 4.42. The maximum Gasteiger partial charge on any atom is 0.127 e. The molecule has 1 aromatic rings. The molecule has 90 valence electrons. The Morgan fingerprint density at radius 2 is 2.29 bits per heavy atom. The van der Waals surface area contributed by atoms with Crippen LogP contribution in [0.4, 0.5) is 4.39 Å². The minimum atomic E-state index is -0.126. The number of allylic oxidation sites excluding steroid dienone is 1. The van der Waals surface area contributed by atoms with Crippen LogP contribution in [-0.4, -0.2) is 6.04 Å². The largest absolute Gasteiger partial charge is 0.309 e. The first-order chi connectivity index (χ1) is 8.24. The van der Waals surface area contributed by atoms with Gasteiger partial charge in [-0.25, -0.2) is 4.39 Å². The molecule has 3 heteroatoms.